The van der Waals surface area contributed by atoms with Gasteiger partial charge in [0.25, 0.3) is 0 Å². The molecule has 0 amide bonds. The van der Waals surface area contributed by atoms with E-state index in [1.54, 1.807) is 18.2 Å². The molecule has 2 N–H and O–H groups in total. The fourth-order valence-corrected chi connectivity index (χ4v) is 4.19. The SMILES string of the molecule is NC[C@H]1CCN(c2ccc3c(c2)OCCO3)S1(=O)=O. The third-order valence-corrected chi connectivity index (χ3v) is 5.74. The summed E-state index contributed by atoms with van der Waals surface area (Å²) in [5.74, 6) is 1.25. The average Bonchev–Trinajstić information content (AvgIpc) is 2.72. The standard InChI is InChI=1S/C12H16N2O4S/c13-8-10-3-4-14(19(10,15)16)9-1-2-11-12(7-9)18-6-5-17-11/h1-2,7,10H,3-6,8,13H2/t10-/m1/s1. The molecule has 0 aromatic heterocycles. The van der Waals surface area contributed by atoms with Crippen LogP contribution in [0.4, 0.5) is 5.69 Å². The van der Waals surface area contributed by atoms with Gasteiger partial charge >= 0.3 is 0 Å². The van der Waals surface area contributed by atoms with E-state index in [2.05, 4.69) is 0 Å². The lowest BCUT2D eigenvalue weighted by molar-refractivity contribution is 0.171. The second-order valence-corrected chi connectivity index (χ2v) is 6.73. The molecule has 0 radical (unpaired) electrons. The van der Waals surface area contributed by atoms with Gasteiger partial charge in [-0.2, -0.15) is 0 Å². The van der Waals surface area contributed by atoms with Crippen LogP contribution in [0.3, 0.4) is 0 Å². The number of ether oxygens (including phenoxy) is 2. The first-order chi connectivity index (χ1) is 9.13. The van der Waals surface area contributed by atoms with Gasteiger partial charge in [-0.05, 0) is 18.6 Å². The van der Waals surface area contributed by atoms with Gasteiger partial charge < -0.3 is 15.2 Å². The molecular weight excluding hydrogens is 268 g/mol. The van der Waals surface area contributed by atoms with Crippen molar-refractivity contribution in [1.82, 2.24) is 0 Å². The Labute approximate surface area is 112 Å². The lowest BCUT2D eigenvalue weighted by atomic mass is 10.2. The molecule has 0 saturated carbocycles. The molecule has 19 heavy (non-hydrogen) atoms. The molecule has 1 fully saturated rings. The summed E-state index contributed by atoms with van der Waals surface area (Å²) >= 11 is 0. The number of nitrogens with two attached hydrogens (primary N) is 1. The Morgan fingerprint density at radius 1 is 1.26 bits per heavy atom. The van der Waals surface area contributed by atoms with Gasteiger partial charge in [0, 0.05) is 19.2 Å². The van der Waals surface area contributed by atoms with Crippen molar-refractivity contribution in [2.75, 3.05) is 30.6 Å². The van der Waals surface area contributed by atoms with Crippen molar-refractivity contribution in [1.29, 1.82) is 0 Å². The first-order valence-electron chi connectivity index (χ1n) is 6.24. The van der Waals surface area contributed by atoms with Crippen LogP contribution in [0.25, 0.3) is 0 Å². The van der Waals surface area contributed by atoms with Crippen molar-refractivity contribution >= 4 is 15.7 Å². The third kappa shape index (κ3) is 2.02. The molecule has 7 heteroatoms. The predicted molar refractivity (Wildman–Crippen MR) is 71.2 cm³/mol. The minimum atomic E-state index is -3.35. The van der Waals surface area contributed by atoms with Crippen molar-refractivity contribution < 1.29 is 17.9 Å². The topological polar surface area (TPSA) is 81.9 Å². The summed E-state index contributed by atoms with van der Waals surface area (Å²) in [6.07, 6.45) is 0.563. The molecule has 3 rings (SSSR count). The Bertz CT molecular complexity index is 587. The fraction of sp³-hybridized carbons (Fsp3) is 0.500. The van der Waals surface area contributed by atoms with Crippen molar-refractivity contribution in [2.24, 2.45) is 5.73 Å². The average molecular weight is 284 g/mol. The number of anilines is 1. The van der Waals surface area contributed by atoms with Crippen molar-refractivity contribution in [3.8, 4) is 11.5 Å². The summed E-state index contributed by atoms with van der Waals surface area (Å²) in [5, 5.41) is -0.485. The van der Waals surface area contributed by atoms with Crippen LogP contribution in [0.2, 0.25) is 0 Å². The van der Waals surface area contributed by atoms with Gasteiger partial charge in [-0.3, -0.25) is 4.31 Å². The maximum absolute atomic E-state index is 12.3. The largest absolute Gasteiger partial charge is 0.486 e. The summed E-state index contributed by atoms with van der Waals surface area (Å²) in [6.45, 7) is 1.62. The van der Waals surface area contributed by atoms with Crippen molar-refractivity contribution in [2.45, 2.75) is 11.7 Å². The second-order valence-electron chi connectivity index (χ2n) is 4.59. The van der Waals surface area contributed by atoms with Crippen LogP contribution in [0, 0.1) is 0 Å². The van der Waals surface area contributed by atoms with Crippen LogP contribution in [0.15, 0.2) is 18.2 Å². The minimum absolute atomic E-state index is 0.156. The zero-order valence-electron chi connectivity index (χ0n) is 10.4. The monoisotopic (exact) mass is 284 g/mol. The Kier molecular flexibility index (Phi) is 3.02. The van der Waals surface area contributed by atoms with Gasteiger partial charge in [0.1, 0.15) is 13.2 Å². The van der Waals surface area contributed by atoms with Gasteiger partial charge in [0.2, 0.25) is 10.0 Å². The number of rotatable bonds is 2. The maximum Gasteiger partial charge on any atom is 0.239 e. The summed E-state index contributed by atoms with van der Waals surface area (Å²) in [7, 11) is -3.35. The van der Waals surface area contributed by atoms with Crippen LogP contribution in [0.1, 0.15) is 6.42 Å². The van der Waals surface area contributed by atoms with Gasteiger partial charge in [-0.15, -0.1) is 0 Å². The molecule has 6 nitrogen and oxygen atoms in total. The zero-order chi connectivity index (χ0) is 13.5. The minimum Gasteiger partial charge on any atom is -0.486 e. The van der Waals surface area contributed by atoms with Crippen LogP contribution < -0.4 is 19.5 Å². The quantitative estimate of drug-likeness (QED) is 0.846. The predicted octanol–water partition coefficient (Wildman–Crippen LogP) is 0.325. The summed E-state index contributed by atoms with van der Waals surface area (Å²) < 4.78 is 36.8. The highest BCUT2D eigenvalue weighted by molar-refractivity contribution is 7.93. The molecule has 2 aliphatic heterocycles. The van der Waals surface area contributed by atoms with E-state index in [9.17, 15) is 8.42 Å². The molecule has 0 aliphatic carbocycles. The van der Waals surface area contributed by atoms with Gasteiger partial charge in [0.15, 0.2) is 11.5 Å². The smallest absolute Gasteiger partial charge is 0.239 e. The van der Waals surface area contributed by atoms with Gasteiger partial charge in [-0.1, -0.05) is 0 Å². The van der Waals surface area contributed by atoms with Gasteiger partial charge in [0.05, 0.1) is 10.9 Å². The van der Waals surface area contributed by atoms with Crippen molar-refractivity contribution in [3.63, 3.8) is 0 Å². The lowest BCUT2D eigenvalue weighted by Gasteiger charge is -2.22. The van der Waals surface area contributed by atoms with Crippen LogP contribution in [-0.4, -0.2) is 40.0 Å². The highest BCUT2D eigenvalue weighted by Crippen LogP contribution is 2.36. The Morgan fingerprint density at radius 2 is 2.00 bits per heavy atom. The molecular formula is C12H16N2O4S. The Balaban J connectivity index is 1.95. The molecule has 1 atom stereocenters. The maximum atomic E-state index is 12.3. The van der Waals surface area contributed by atoms with Gasteiger partial charge in [-0.25, -0.2) is 8.42 Å². The summed E-state index contributed by atoms with van der Waals surface area (Å²) in [5.41, 5.74) is 6.12. The second kappa shape index (κ2) is 4.57. The molecule has 1 saturated heterocycles. The Hall–Kier alpha value is -1.47. The molecule has 2 aliphatic rings. The van der Waals surface area contributed by atoms with E-state index in [-0.39, 0.29) is 6.54 Å². The normalized spacial score (nSPS) is 24.5. The number of hydrogen-bond acceptors (Lipinski definition) is 5. The highest BCUT2D eigenvalue weighted by Gasteiger charge is 2.38. The first-order valence-corrected chi connectivity index (χ1v) is 7.74. The van der Waals surface area contributed by atoms with E-state index in [1.807, 2.05) is 0 Å². The molecule has 2 heterocycles. The Morgan fingerprint density at radius 3 is 2.68 bits per heavy atom. The fourth-order valence-electron chi connectivity index (χ4n) is 2.42. The summed E-state index contributed by atoms with van der Waals surface area (Å²) in [6, 6.07) is 5.20. The summed E-state index contributed by atoms with van der Waals surface area (Å²) in [4.78, 5) is 0. The third-order valence-electron chi connectivity index (χ3n) is 3.46. The van der Waals surface area contributed by atoms with E-state index < -0.39 is 15.3 Å². The number of hydrogen-bond donors (Lipinski definition) is 1. The number of fused-ring (bicyclic) bond motifs is 1. The number of nitrogens with zero attached hydrogens (tertiary/aromatic N) is 1. The molecule has 1 aromatic carbocycles. The van der Waals surface area contributed by atoms with E-state index in [0.29, 0.717) is 43.4 Å². The van der Waals surface area contributed by atoms with Crippen LogP contribution in [-0.2, 0) is 10.0 Å². The van der Waals surface area contributed by atoms with Crippen molar-refractivity contribution in [3.05, 3.63) is 18.2 Å². The molecule has 0 bridgehead atoms. The van der Waals surface area contributed by atoms with Crippen LogP contribution >= 0.6 is 0 Å². The zero-order valence-corrected chi connectivity index (χ0v) is 11.2. The van der Waals surface area contributed by atoms with E-state index >= 15 is 0 Å². The van der Waals surface area contributed by atoms with E-state index in [1.165, 1.54) is 4.31 Å². The molecule has 1 aromatic rings. The van der Waals surface area contributed by atoms with Crippen LogP contribution in [0.5, 0.6) is 11.5 Å². The molecule has 0 unspecified atom stereocenters. The highest BCUT2D eigenvalue weighted by atomic mass is 32.2. The van der Waals surface area contributed by atoms with E-state index in [4.69, 9.17) is 15.2 Å². The first kappa shape index (κ1) is 12.6. The lowest BCUT2D eigenvalue weighted by Crippen LogP contribution is -2.33. The number of sulfonamides is 1. The molecule has 104 valence electrons. The molecule has 0 spiro atoms. The van der Waals surface area contributed by atoms with E-state index in [0.717, 1.165) is 0 Å². The number of benzene rings is 1.